The molecule has 0 spiro atoms. The van der Waals surface area contributed by atoms with Crippen molar-refractivity contribution >= 4 is 37.5 Å². The topological polar surface area (TPSA) is 75.7 Å². The van der Waals surface area contributed by atoms with Crippen LogP contribution in [0.25, 0.3) is 0 Å². The number of carbonyl (C=O) groups is 1. The minimum Gasteiger partial charge on any atom is -0.492 e. The molecule has 1 N–H and O–H groups in total. The van der Waals surface area contributed by atoms with Crippen LogP contribution in [-0.4, -0.2) is 39.3 Å². The summed E-state index contributed by atoms with van der Waals surface area (Å²) in [6.07, 6.45) is 0. The molecule has 0 aliphatic carbocycles. The quantitative estimate of drug-likeness (QED) is 0.767. The summed E-state index contributed by atoms with van der Waals surface area (Å²) in [5.41, 5.74) is 0.839. The average molecular weight is 427 g/mol. The lowest BCUT2D eigenvalue weighted by Gasteiger charge is -2.16. The fourth-order valence-electron chi connectivity index (χ4n) is 2.06. The van der Waals surface area contributed by atoms with Gasteiger partial charge < -0.3 is 10.1 Å². The van der Waals surface area contributed by atoms with Crippen molar-refractivity contribution in [2.45, 2.75) is 11.8 Å². The Morgan fingerprint density at radius 3 is 2.36 bits per heavy atom. The van der Waals surface area contributed by atoms with Gasteiger partial charge in [-0.2, -0.15) is 0 Å². The normalized spacial score (nSPS) is 11.4. The summed E-state index contributed by atoms with van der Waals surface area (Å²) >= 11 is 3.31. The number of anilines is 1. The van der Waals surface area contributed by atoms with Crippen LogP contribution in [-0.2, 0) is 10.0 Å². The summed E-state index contributed by atoms with van der Waals surface area (Å²) in [7, 11) is -0.822. The van der Waals surface area contributed by atoms with Gasteiger partial charge in [0.05, 0.1) is 6.61 Å². The largest absolute Gasteiger partial charge is 0.492 e. The van der Waals surface area contributed by atoms with E-state index in [-0.39, 0.29) is 16.6 Å². The molecule has 25 heavy (non-hydrogen) atoms. The predicted octanol–water partition coefficient (Wildman–Crippen LogP) is 3.35. The number of ether oxygens (including phenoxy) is 1. The van der Waals surface area contributed by atoms with E-state index >= 15 is 0 Å². The van der Waals surface area contributed by atoms with Gasteiger partial charge in [-0.05, 0) is 49.4 Å². The van der Waals surface area contributed by atoms with Crippen LogP contribution in [0.2, 0.25) is 0 Å². The fraction of sp³-hybridized carbons (Fsp3) is 0.235. The summed E-state index contributed by atoms with van der Waals surface area (Å²) in [5.74, 6) is -0.0808. The van der Waals surface area contributed by atoms with Crippen LogP contribution in [0.1, 0.15) is 17.3 Å². The molecule has 6 nitrogen and oxygen atoms in total. The summed E-state index contributed by atoms with van der Waals surface area (Å²) < 4.78 is 32.4. The van der Waals surface area contributed by atoms with Crippen LogP contribution >= 0.6 is 15.9 Å². The molecule has 0 saturated carbocycles. The number of sulfonamides is 1. The van der Waals surface area contributed by atoms with Gasteiger partial charge in [-0.3, -0.25) is 4.79 Å². The van der Waals surface area contributed by atoms with E-state index in [9.17, 15) is 13.2 Å². The molecule has 0 radical (unpaired) electrons. The highest BCUT2D eigenvalue weighted by molar-refractivity contribution is 9.10. The monoisotopic (exact) mass is 426 g/mol. The molecule has 0 bridgehead atoms. The maximum Gasteiger partial charge on any atom is 0.255 e. The maximum absolute atomic E-state index is 12.5. The lowest BCUT2D eigenvalue weighted by Crippen LogP contribution is -2.23. The summed E-state index contributed by atoms with van der Waals surface area (Å²) in [6.45, 7) is 2.11. The zero-order chi connectivity index (χ0) is 18.6. The first kappa shape index (κ1) is 19.4. The standard InChI is InChI=1S/C17H19BrN2O4S/c1-4-24-15-10-9-14(11-16(15)25(22,23)20(2)3)19-17(21)12-5-7-13(18)8-6-12/h5-11H,4H2,1-3H3,(H,19,21). The zero-order valence-corrected chi connectivity index (χ0v) is 16.5. The van der Waals surface area contributed by atoms with Gasteiger partial charge in [0.25, 0.3) is 5.91 Å². The van der Waals surface area contributed by atoms with E-state index in [0.717, 1.165) is 8.78 Å². The third kappa shape index (κ3) is 4.59. The number of rotatable bonds is 6. The van der Waals surface area contributed by atoms with Gasteiger partial charge in [-0.15, -0.1) is 0 Å². The molecule has 0 aliphatic rings. The van der Waals surface area contributed by atoms with Crippen LogP contribution in [0.4, 0.5) is 5.69 Å². The van der Waals surface area contributed by atoms with E-state index in [1.165, 1.54) is 26.2 Å². The first-order chi connectivity index (χ1) is 11.8. The molecule has 2 rings (SSSR count). The Hall–Kier alpha value is -1.90. The number of halogens is 1. The van der Waals surface area contributed by atoms with Crippen LogP contribution < -0.4 is 10.1 Å². The van der Waals surface area contributed by atoms with Crippen molar-refractivity contribution < 1.29 is 17.9 Å². The Balaban J connectivity index is 2.36. The minimum absolute atomic E-state index is 0.00737. The van der Waals surface area contributed by atoms with Crippen LogP contribution in [0.5, 0.6) is 5.75 Å². The highest BCUT2D eigenvalue weighted by Crippen LogP contribution is 2.29. The lowest BCUT2D eigenvalue weighted by molar-refractivity contribution is 0.102. The maximum atomic E-state index is 12.5. The van der Waals surface area contributed by atoms with E-state index in [2.05, 4.69) is 21.2 Å². The zero-order valence-electron chi connectivity index (χ0n) is 14.1. The second-order valence-corrected chi connectivity index (χ2v) is 8.38. The van der Waals surface area contributed by atoms with Crippen molar-refractivity contribution in [2.75, 3.05) is 26.0 Å². The SMILES string of the molecule is CCOc1ccc(NC(=O)c2ccc(Br)cc2)cc1S(=O)(=O)N(C)C. The van der Waals surface area contributed by atoms with Crippen molar-refractivity contribution in [3.05, 3.63) is 52.5 Å². The van der Waals surface area contributed by atoms with Crippen molar-refractivity contribution in [2.24, 2.45) is 0 Å². The molecule has 0 atom stereocenters. The number of hydrogen-bond acceptors (Lipinski definition) is 4. The molecule has 0 unspecified atom stereocenters. The first-order valence-corrected chi connectivity index (χ1v) is 9.75. The van der Waals surface area contributed by atoms with E-state index < -0.39 is 10.0 Å². The third-order valence-electron chi connectivity index (χ3n) is 3.37. The Kier molecular flexibility index (Phi) is 6.21. The number of nitrogens with zero attached hydrogens (tertiary/aromatic N) is 1. The first-order valence-electron chi connectivity index (χ1n) is 7.52. The molecular formula is C17H19BrN2O4S. The molecule has 8 heteroatoms. The van der Waals surface area contributed by atoms with Crippen LogP contribution in [0, 0.1) is 0 Å². The lowest BCUT2D eigenvalue weighted by atomic mass is 10.2. The van der Waals surface area contributed by atoms with Gasteiger partial charge in [-0.1, -0.05) is 15.9 Å². The van der Waals surface area contributed by atoms with E-state index in [1.54, 1.807) is 37.3 Å². The highest BCUT2D eigenvalue weighted by atomic mass is 79.9. The predicted molar refractivity (Wildman–Crippen MR) is 101 cm³/mol. The number of carbonyl (C=O) groups excluding carboxylic acids is 1. The Labute approximate surface area is 156 Å². The van der Waals surface area contributed by atoms with Gasteiger partial charge in [0, 0.05) is 29.8 Å². The summed E-state index contributed by atoms with van der Waals surface area (Å²) in [5, 5.41) is 2.71. The fourth-order valence-corrected chi connectivity index (χ4v) is 3.38. The smallest absolute Gasteiger partial charge is 0.255 e. The second-order valence-electron chi connectivity index (χ2n) is 5.34. The summed E-state index contributed by atoms with van der Waals surface area (Å²) in [6, 6.07) is 11.4. The van der Waals surface area contributed by atoms with E-state index in [0.29, 0.717) is 17.9 Å². The van der Waals surface area contributed by atoms with Gasteiger partial charge in [0.2, 0.25) is 10.0 Å². The Bertz CT molecular complexity index is 865. The molecular weight excluding hydrogens is 408 g/mol. The van der Waals surface area contributed by atoms with Crippen molar-refractivity contribution in [3.8, 4) is 5.75 Å². The Morgan fingerprint density at radius 2 is 1.80 bits per heavy atom. The highest BCUT2D eigenvalue weighted by Gasteiger charge is 2.23. The van der Waals surface area contributed by atoms with Crippen LogP contribution in [0.3, 0.4) is 0 Å². The molecule has 0 aromatic heterocycles. The molecule has 1 amide bonds. The Morgan fingerprint density at radius 1 is 1.16 bits per heavy atom. The number of nitrogens with one attached hydrogen (secondary N) is 1. The molecule has 0 aliphatic heterocycles. The second kappa shape index (κ2) is 7.99. The van der Waals surface area contributed by atoms with Crippen molar-refractivity contribution in [1.82, 2.24) is 4.31 Å². The van der Waals surface area contributed by atoms with Gasteiger partial charge in [0.1, 0.15) is 10.6 Å². The van der Waals surface area contributed by atoms with Crippen LogP contribution in [0.15, 0.2) is 51.8 Å². The van der Waals surface area contributed by atoms with Gasteiger partial charge in [-0.25, -0.2) is 12.7 Å². The molecule has 134 valence electrons. The molecule has 0 saturated heterocycles. The number of hydrogen-bond donors (Lipinski definition) is 1. The third-order valence-corrected chi connectivity index (χ3v) is 5.73. The van der Waals surface area contributed by atoms with Gasteiger partial charge in [0.15, 0.2) is 0 Å². The molecule has 2 aromatic rings. The summed E-state index contributed by atoms with van der Waals surface area (Å²) in [4.78, 5) is 12.3. The number of amides is 1. The van der Waals surface area contributed by atoms with Crippen molar-refractivity contribution in [1.29, 1.82) is 0 Å². The number of benzene rings is 2. The molecule has 0 fully saturated rings. The van der Waals surface area contributed by atoms with Gasteiger partial charge >= 0.3 is 0 Å². The average Bonchev–Trinajstić information content (AvgIpc) is 2.56. The van der Waals surface area contributed by atoms with E-state index in [1.807, 2.05) is 0 Å². The molecule has 2 aromatic carbocycles. The molecule has 0 heterocycles. The van der Waals surface area contributed by atoms with E-state index in [4.69, 9.17) is 4.74 Å². The van der Waals surface area contributed by atoms with Crippen molar-refractivity contribution in [3.63, 3.8) is 0 Å². The minimum atomic E-state index is -3.71.